The predicted octanol–water partition coefficient (Wildman–Crippen LogP) is 2.01. The van der Waals surface area contributed by atoms with Gasteiger partial charge in [0.1, 0.15) is 17.8 Å². The molecule has 0 radical (unpaired) electrons. The lowest BCUT2D eigenvalue weighted by Crippen LogP contribution is -2.25. The SMILES string of the molecule is CCC(C)Nc1cc(C(=O)NCc2ccccn2)ncn1. The van der Waals surface area contributed by atoms with Gasteiger partial charge in [-0.05, 0) is 25.5 Å². The number of nitrogens with one attached hydrogen (secondary N) is 2. The molecule has 1 amide bonds. The molecule has 2 aromatic rings. The Balaban J connectivity index is 1.97. The van der Waals surface area contributed by atoms with E-state index in [1.807, 2.05) is 18.2 Å². The molecule has 0 saturated heterocycles. The van der Waals surface area contributed by atoms with Crippen molar-refractivity contribution in [1.82, 2.24) is 20.3 Å². The molecule has 2 N–H and O–H groups in total. The summed E-state index contributed by atoms with van der Waals surface area (Å²) in [4.78, 5) is 24.3. The molecule has 1 unspecified atom stereocenters. The van der Waals surface area contributed by atoms with Crippen LogP contribution in [0.15, 0.2) is 36.8 Å². The Bertz CT molecular complexity index is 588. The first-order valence-corrected chi connectivity index (χ1v) is 6.95. The molecular weight excluding hydrogens is 266 g/mol. The third-order valence-electron chi connectivity index (χ3n) is 3.06. The zero-order valence-corrected chi connectivity index (χ0v) is 12.2. The maximum Gasteiger partial charge on any atom is 0.270 e. The first-order valence-electron chi connectivity index (χ1n) is 6.95. The van der Waals surface area contributed by atoms with Gasteiger partial charge in [0.15, 0.2) is 0 Å². The van der Waals surface area contributed by atoms with Gasteiger partial charge in [-0.25, -0.2) is 9.97 Å². The van der Waals surface area contributed by atoms with Crippen molar-refractivity contribution >= 4 is 11.7 Å². The summed E-state index contributed by atoms with van der Waals surface area (Å²) in [6.07, 6.45) is 4.06. The van der Waals surface area contributed by atoms with Crippen molar-refractivity contribution in [2.24, 2.45) is 0 Å². The van der Waals surface area contributed by atoms with Crippen molar-refractivity contribution in [3.63, 3.8) is 0 Å². The highest BCUT2D eigenvalue weighted by Gasteiger charge is 2.09. The fourth-order valence-electron chi connectivity index (χ4n) is 1.68. The van der Waals surface area contributed by atoms with Crippen LogP contribution in [-0.2, 0) is 6.54 Å². The molecule has 0 bridgehead atoms. The van der Waals surface area contributed by atoms with Gasteiger partial charge in [0, 0.05) is 18.3 Å². The van der Waals surface area contributed by atoms with Crippen molar-refractivity contribution in [2.45, 2.75) is 32.9 Å². The summed E-state index contributed by atoms with van der Waals surface area (Å²) in [5.74, 6) is 0.414. The van der Waals surface area contributed by atoms with E-state index in [4.69, 9.17) is 0 Å². The van der Waals surface area contributed by atoms with Crippen LogP contribution in [0.4, 0.5) is 5.82 Å². The van der Waals surface area contributed by atoms with E-state index < -0.39 is 0 Å². The molecule has 0 aliphatic rings. The lowest BCUT2D eigenvalue weighted by atomic mass is 10.2. The van der Waals surface area contributed by atoms with Gasteiger partial charge in [-0.15, -0.1) is 0 Å². The molecule has 1 atom stereocenters. The third-order valence-corrected chi connectivity index (χ3v) is 3.06. The van der Waals surface area contributed by atoms with Crippen LogP contribution in [-0.4, -0.2) is 26.9 Å². The fraction of sp³-hybridized carbons (Fsp3) is 0.333. The number of hydrogen-bond acceptors (Lipinski definition) is 5. The molecule has 6 nitrogen and oxygen atoms in total. The van der Waals surface area contributed by atoms with Crippen molar-refractivity contribution in [1.29, 1.82) is 0 Å². The van der Waals surface area contributed by atoms with Crippen molar-refractivity contribution < 1.29 is 4.79 Å². The minimum atomic E-state index is -0.241. The van der Waals surface area contributed by atoms with Crippen LogP contribution in [0.3, 0.4) is 0 Å². The molecule has 6 heteroatoms. The number of nitrogens with zero attached hydrogens (tertiary/aromatic N) is 3. The molecule has 2 heterocycles. The number of carbonyl (C=O) groups is 1. The minimum Gasteiger partial charge on any atom is -0.368 e. The van der Waals surface area contributed by atoms with Gasteiger partial charge in [-0.2, -0.15) is 0 Å². The molecule has 110 valence electrons. The highest BCUT2D eigenvalue weighted by atomic mass is 16.1. The number of aromatic nitrogens is 3. The van der Waals surface area contributed by atoms with Crippen LogP contribution < -0.4 is 10.6 Å². The molecule has 0 aliphatic heterocycles. The van der Waals surface area contributed by atoms with Crippen molar-refractivity contribution in [3.8, 4) is 0 Å². The number of carbonyl (C=O) groups excluding carboxylic acids is 1. The molecule has 0 aliphatic carbocycles. The number of rotatable bonds is 6. The lowest BCUT2D eigenvalue weighted by Gasteiger charge is -2.12. The second-order valence-corrected chi connectivity index (χ2v) is 4.75. The van der Waals surface area contributed by atoms with Crippen LogP contribution in [0, 0.1) is 0 Å². The summed E-state index contributed by atoms with van der Waals surface area (Å²) in [5.41, 5.74) is 1.14. The van der Waals surface area contributed by atoms with Gasteiger partial charge < -0.3 is 10.6 Å². The second kappa shape index (κ2) is 7.33. The van der Waals surface area contributed by atoms with Crippen LogP contribution >= 0.6 is 0 Å². The van der Waals surface area contributed by atoms with Gasteiger partial charge in [-0.3, -0.25) is 9.78 Å². The summed E-state index contributed by atoms with van der Waals surface area (Å²) in [7, 11) is 0. The quantitative estimate of drug-likeness (QED) is 0.848. The summed E-state index contributed by atoms with van der Waals surface area (Å²) >= 11 is 0. The van der Waals surface area contributed by atoms with Crippen LogP contribution in [0.2, 0.25) is 0 Å². The average Bonchev–Trinajstić information content (AvgIpc) is 2.53. The Morgan fingerprint density at radius 1 is 1.29 bits per heavy atom. The highest BCUT2D eigenvalue weighted by Crippen LogP contribution is 2.07. The number of amides is 1. The number of anilines is 1. The van der Waals surface area contributed by atoms with Crippen molar-refractivity contribution in [3.05, 3.63) is 48.2 Å². The Hall–Kier alpha value is -2.50. The van der Waals surface area contributed by atoms with Gasteiger partial charge in [0.25, 0.3) is 5.91 Å². The molecule has 0 aromatic carbocycles. The smallest absolute Gasteiger partial charge is 0.270 e. The molecule has 2 aromatic heterocycles. The maximum absolute atomic E-state index is 12.1. The van der Waals surface area contributed by atoms with Crippen LogP contribution in [0.5, 0.6) is 0 Å². The molecule has 0 fully saturated rings. The Morgan fingerprint density at radius 3 is 2.86 bits per heavy atom. The van der Waals surface area contributed by atoms with E-state index in [9.17, 15) is 4.79 Å². The largest absolute Gasteiger partial charge is 0.368 e. The number of hydrogen-bond donors (Lipinski definition) is 2. The van der Waals surface area contributed by atoms with Gasteiger partial charge >= 0.3 is 0 Å². The Kier molecular flexibility index (Phi) is 5.20. The van der Waals surface area contributed by atoms with E-state index in [0.29, 0.717) is 24.1 Å². The van der Waals surface area contributed by atoms with E-state index >= 15 is 0 Å². The predicted molar refractivity (Wildman–Crippen MR) is 80.8 cm³/mol. The lowest BCUT2D eigenvalue weighted by molar-refractivity contribution is 0.0945. The van der Waals surface area contributed by atoms with E-state index in [1.165, 1.54) is 6.33 Å². The van der Waals surface area contributed by atoms with Crippen LogP contribution in [0.25, 0.3) is 0 Å². The second-order valence-electron chi connectivity index (χ2n) is 4.75. The zero-order valence-electron chi connectivity index (χ0n) is 12.2. The molecular formula is C15H19N5O. The average molecular weight is 285 g/mol. The monoisotopic (exact) mass is 285 g/mol. The molecule has 0 spiro atoms. The standard InChI is InChI=1S/C15H19N5O/c1-3-11(2)20-14-8-13(18-10-19-14)15(21)17-9-12-6-4-5-7-16-12/h4-8,10-11H,3,9H2,1-2H3,(H,17,21)(H,18,19,20). The zero-order chi connectivity index (χ0) is 15.1. The molecule has 2 rings (SSSR count). The van der Waals surface area contributed by atoms with Gasteiger partial charge in [0.05, 0.1) is 12.2 Å². The number of pyridine rings is 1. The Morgan fingerprint density at radius 2 is 2.14 bits per heavy atom. The third kappa shape index (κ3) is 4.52. The van der Waals surface area contributed by atoms with E-state index in [0.717, 1.165) is 12.1 Å². The van der Waals surface area contributed by atoms with Crippen molar-refractivity contribution in [2.75, 3.05) is 5.32 Å². The van der Waals surface area contributed by atoms with E-state index in [1.54, 1.807) is 12.3 Å². The topological polar surface area (TPSA) is 79.8 Å². The minimum absolute atomic E-state index is 0.241. The van der Waals surface area contributed by atoms with Crippen LogP contribution in [0.1, 0.15) is 36.5 Å². The fourth-order valence-corrected chi connectivity index (χ4v) is 1.68. The van der Waals surface area contributed by atoms with E-state index in [-0.39, 0.29) is 5.91 Å². The highest BCUT2D eigenvalue weighted by molar-refractivity contribution is 5.92. The molecule has 0 saturated carbocycles. The van der Waals surface area contributed by atoms with Gasteiger partial charge in [-0.1, -0.05) is 13.0 Å². The first kappa shape index (κ1) is 14.9. The summed E-state index contributed by atoms with van der Waals surface area (Å²) in [6, 6.07) is 7.52. The normalized spacial score (nSPS) is 11.7. The Labute approximate surface area is 124 Å². The maximum atomic E-state index is 12.1. The summed E-state index contributed by atoms with van der Waals surface area (Å²) in [5, 5.41) is 6.01. The first-order chi connectivity index (χ1) is 10.2. The summed E-state index contributed by atoms with van der Waals surface area (Å²) < 4.78 is 0. The molecule has 21 heavy (non-hydrogen) atoms. The summed E-state index contributed by atoms with van der Waals surface area (Å²) in [6.45, 7) is 4.51. The van der Waals surface area contributed by atoms with Gasteiger partial charge in [0.2, 0.25) is 0 Å². The van der Waals surface area contributed by atoms with E-state index in [2.05, 4.69) is 39.4 Å².